The third kappa shape index (κ3) is 2.80. The number of hydrogen-bond acceptors (Lipinski definition) is 3. The molecule has 0 saturated heterocycles. The second kappa shape index (κ2) is 4.80. The minimum Gasteiger partial charge on any atom is -0.486 e. The van der Waals surface area contributed by atoms with Gasteiger partial charge in [0.2, 0.25) is 0 Å². The summed E-state index contributed by atoms with van der Waals surface area (Å²) in [6.07, 6.45) is 6.94. The average molecular weight is 231 g/mol. The average Bonchev–Trinajstić information content (AvgIpc) is 3.18. The van der Waals surface area contributed by atoms with Crippen molar-refractivity contribution in [2.75, 3.05) is 19.8 Å². The van der Waals surface area contributed by atoms with Gasteiger partial charge in [0.1, 0.15) is 13.2 Å². The van der Waals surface area contributed by atoms with E-state index in [-0.39, 0.29) is 0 Å². The van der Waals surface area contributed by atoms with E-state index < -0.39 is 0 Å². The first-order chi connectivity index (χ1) is 8.42. The molecule has 0 spiro atoms. The fourth-order valence-electron chi connectivity index (χ4n) is 1.88. The molecule has 1 saturated carbocycles. The smallest absolute Gasteiger partial charge is 0.161 e. The molecule has 3 nitrogen and oxygen atoms in total. The van der Waals surface area contributed by atoms with Crippen molar-refractivity contribution in [1.82, 2.24) is 5.32 Å². The number of ether oxygens (including phenoxy) is 2. The minimum absolute atomic E-state index is 0.642. The highest BCUT2D eigenvalue weighted by Crippen LogP contribution is 2.31. The lowest BCUT2D eigenvalue weighted by Gasteiger charge is -2.18. The molecule has 0 bridgehead atoms. The van der Waals surface area contributed by atoms with E-state index in [1.807, 2.05) is 12.1 Å². The summed E-state index contributed by atoms with van der Waals surface area (Å²) in [5, 5.41) is 3.45. The lowest BCUT2D eigenvalue weighted by Crippen LogP contribution is -2.15. The molecule has 1 aromatic carbocycles. The van der Waals surface area contributed by atoms with E-state index in [2.05, 4.69) is 23.5 Å². The molecule has 0 aromatic heterocycles. The molecule has 0 atom stereocenters. The van der Waals surface area contributed by atoms with Crippen LogP contribution in [-0.2, 0) is 0 Å². The SMILES string of the molecule is C(=Cc1ccc2c(c1)OCCO2)CNC1CC1. The molecule has 0 amide bonds. The van der Waals surface area contributed by atoms with Crippen LogP contribution in [0.5, 0.6) is 11.5 Å². The third-order valence-electron chi connectivity index (χ3n) is 2.98. The summed E-state index contributed by atoms with van der Waals surface area (Å²) in [5.41, 5.74) is 1.16. The second-order valence-corrected chi connectivity index (χ2v) is 4.49. The maximum absolute atomic E-state index is 5.54. The van der Waals surface area contributed by atoms with Crippen molar-refractivity contribution in [1.29, 1.82) is 0 Å². The normalized spacial score (nSPS) is 18.6. The topological polar surface area (TPSA) is 30.5 Å². The van der Waals surface area contributed by atoms with Gasteiger partial charge in [0.05, 0.1) is 0 Å². The van der Waals surface area contributed by atoms with Crippen LogP contribution in [0.15, 0.2) is 24.3 Å². The van der Waals surface area contributed by atoms with E-state index in [0.29, 0.717) is 13.2 Å². The molecular formula is C14H17NO2. The quantitative estimate of drug-likeness (QED) is 0.862. The Morgan fingerprint density at radius 2 is 2.00 bits per heavy atom. The van der Waals surface area contributed by atoms with Crippen molar-refractivity contribution in [2.24, 2.45) is 0 Å². The first-order valence-corrected chi connectivity index (χ1v) is 6.21. The maximum Gasteiger partial charge on any atom is 0.161 e. The minimum atomic E-state index is 0.642. The summed E-state index contributed by atoms with van der Waals surface area (Å²) in [6, 6.07) is 6.83. The van der Waals surface area contributed by atoms with Gasteiger partial charge >= 0.3 is 0 Å². The fraction of sp³-hybridized carbons (Fsp3) is 0.429. The third-order valence-corrected chi connectivity index (χ3v) is 2.98. The largest absolute Gasteiger partial charge is 0.486 e. The Kier molecular flexibility index (Phi) is 3.01. The van der Waals surface area contributed by atoms with E-state index in [0.717, 1.165) is 29.6 Å². The van der Waals surface area contributed by atoms with E-state index in [4.69, 9.17) is 9.47 Å². The van der Waals surface area contributed by atoms with Crippen molar-refractivity contribution >= 4 is 6.08 Å². The van der Waals surface area contributed by atoms with Crippen LogP contribution in [0.25, 0.3) is 6.08 Å². The van der Waals surface area contributed by atoms with Gasteiger partial charge in [0.15, 0.2) is 11.5 Å². The van der Waals surface area contributed by atoms with Crippen LogP contribution in [0.2, 0.25) is 0 Å². The summed E-state index contributed by atoms with van der Waals surface area (Å²) >= 11 is 0. The predicted octanol–water partition coefficient (Wildman–Crippen LogP) is 2.22. The molecular weight excluding hydrogens is 214 g/mol. The molecule has 17 heavy (non-hydrogen) atoms. The molecule has 0 unspecified atom stereocenters. The monoisotopic (exact) mass is 231 g/mol. The molecule has 1 N–H and O–H groups in total. The number of nitrogens with one attached hydrogen (secondary N) is 1. The van der Waals surface area contributed by atoms with Gasteiger partial charge in [-0.3, -0.25) is 0 Å². The Hall–Kier alpha value is -1.48. The van der Waals surface area contributed by atoms with Crippen LogP contribution in [0.1, 0.15) is 18.4 Å². The number of hydrogen-bond donors (Lipinski definition) is 1. The molecule has 1 aromatic rings. The standard InChI is InChI=1S/C14H17NO2/c1(7-15-12-4-5-12)2-11-3-6-13-14(10-11)17-9-8-16-13/h1-3,6,10,12,15H,4-5,7-9H2. The van der Waals surface area contributed by atoms with Crippen LogP contribution in [-0.4, -0.2) is 25.8 Å². The summed E-state index contributed by atoms with van der Waals surface area (Å²) < 4.78 is 11.0. The van der Waals surface area contributed by atoms with Gasteiger partial charge in [-0.25, -0.2) is 0 Å². The number of rotatable bonds is 4. The predicted molar refractivity (Wildman–Crippen MR) is 67.5 cm³/mol. The molecule has 90 valence electrons. The summed E-state index contributed by atoms with van der Waals surface area (Å²) in [4.78, 5) is 0. The summed E-state index contributed by atoms with van der Waals surface area (Å²) in [5.74, 6) is 1.71. The highest BCUT2D eigenvalue weighted by molar-refractivity contribution is 5.56. The van der Waals surface area contributed by atoms with Crippen molar-refractivity contribution in [2.45, 2.75) is 18.9 Å². The zero-order chi connectivity index (χ0) is 11.5. The van der Waals surface area contributed by atoms with Crippen molar-refractivity contribution in [3.63, 3.8) is 0 Å². The van der Waals surface area contributed by atoms with Gasteiger partial charge in [-0.05, 0) is 30.5 Å². The van der Waals surface area contributed by atoms with Crippen molar-refractivity contribution in [3.8, 4) is 11.5 Å². The summed E-state index contributed by atoms with van der Waals surface area (Å²) in [7, 11) is 0. The van der Waals surface area contributed by atoms with Crippen LogP contribution in [0, 0.1) is 0 Å². The highest BCUT2D eigenvalue weighted by Gasteiger charge is 2.18. The van der Waals surface area contributed by atoms with Gasteiger partial charge < -0.3 is 14.8 Å². The molecule has 1 fully saturated rings. The number of benzene rings is 1. The van der Waals surface area contributed by atoms with Gasteiger partial charge in [-0.2, -0.15) is 0 Å². The lowest BCUT2D eigenvalue weighted by atomic mass is 10.2. The van der Waals surface area contributed by atoms with Crippen molar-refractivity contribution in [3.05, 3.63) is 29.8 Å². The van der Waals surface area contributed by atoms with E-state index >= 15 is 0 Å². The van der Waals surface area contributed by atoms with Gasteiger partial charge in [-0.15, -0.1) is 0 Å². The Labute approximate surface area is 101 Å². The van der Waals surface area contributed by atoms with Gasteiger partial charge in [0, 0.05) is 12.6 Å². The Morgan fingerprint density at radius 1 is 1.18 bits per heavy atom. The molecule has 1 aliphatic carbocycles. The Balaban J connectivity index is 1.61. The van der Waals surface area contributed by atoms with E-state index in [9.17, 15) is 0 Å². The van der Waals surface area contributed by atoms with Gasteiger partial charge in [0.25, 0.3) is 0 Å². The first kappa shape index (κ1) is 10.7. The molecule has 3 heteroatoms. The second-order valence-electron chi connectivity index (χ2n) is 4.49. The molecule has 3 rings (SSSR count). The number of fused-ring (bicyclic) bond motifs is 1. The first-order valence-electron chi connectivity index (χ1n) is 6.21. The zero-order valence-corrected chi connectivity index (χ0v) is 9.82. The fourth-order valence-corrected chi connectivity index (χ4v) is 1.88. The van der Waals surface area contributed by atoms with Crippen LogP contribution >= 0.6 is 0 Å². The van der Waals surface area contributed by atoms with Crippen molar-refractivity contribution < 1.29 is 9.47 Å². The van der Waals surface area contributed by atoms with Crippen LogP contribution < -0.4 is 14.8 Å². The van der Waals surface area contributed by atoms with Crippen LogP contribution in [0.3, 0.4) is 0 Å². The highest BCUT2D eigenvalue weighted by atomic mass is 16.6. The van der Waals surface area contributed by atoms with Crippen LogP contribution in [0.4, 0.5) is 0 Å². The molecule has 1 heterocycles. The molecule has 2 aliphatic rings. The lowest BCUT2D eigenvalue weighted by molar-refractivity contribution is 0.171. The van der Waals surface area contributed by atoms with E-state index in [1.165, 1.54) is 12.8 Å². The Morgan fingerprint density at radius 3 is 2.82 bits per heavy atom. The Bertz CT molecular complexity index is 424. The maximum atomic E-state index is 5.54. The van der Waals surface area contributed by atoms with Gasteiger partial charge in [-0.1, -0.05) is 18.2 Å². The molecule has 1 aliphatic heterocycles. The molecule has 0 radical (unpaired) electrons. The van der Waals surface area contributed by atoms with E-state index in [1.54, 1.807) is 0 Å². The zero-order valence-electron chi connectivity index (χ0n) is 9.82. The summed E-state index contributed by atoms with van der Waals surface area (Å²) in [6.45, 7) is 2.23.